The van der Waals surface area contributed by atoms with Gasteiger partial charge >= 0.3 is 0 Å². The van der Waals surface area contributed by atoms with E-state index in [9.17, 15) is 9.18 Å². The molecule has 0 radical (unpaired) electrons. The number of carbonyl (C=O) groups excluding carboxylic acids is 1. The van der Waals surface area contributed by atoms with E-state index in [-0.39, 0.29) is 35.5 Å². The SMILES string of the molecule is CCCN(NC(=O)[C@H]1COc2c(F)cccc2C1)C(C)(C)C. The van der Waals surface area contributed by atoms with Gasteiger partial charge in [0, 0.05) is 12.1 Å². The molecule has 4 nitrogen and oxygen atoms in total. The number of carbonyl (C=O) groups is 1. The lowest BCUT2D eigenvalue weighted by Gasteiger charge is -2.37. The molecule has 0 saturated heterocycles. The van der Waals surface area contributed by atoms with Crippen molar-refractivity contribution in [3.63, 3.8) is 0 Å². The minimum atomic E-state index is -0.362. The molecular formula is C17H25FN2O2. The summed E-state index contributed by atoms with van der Waals surface area (Å²) in [4.78, 5) is 12.5. The van der Waals surface area contributed by atoms with E-state index >= 15 is 0 Å². The fraction of sp³-hybridized carbons (Fsp3) is 0.588. The van der Waals surface area contributed by atoms with Gasteiger partial charge in [-0.1, -0.05) is 19.1 Å². The van der Waals surface area contributed by atoms with Crippen LogP contribution in [0.25, 0.3) is 0 Å². The van der Waals surface area contributed by atoms with Crippen LogP contribution in [0.15, 0.2) is 18.2 Å². The molecule has 0 fully saturated rings. The monoisotopic (exact) mass is 308 g/mol. The third kappa shape index (κ3) is 3.77. The van der Waals surface area contributed by atoms with Crippen molar-refractivity contribution in [2.75, 3.05) is 13.2 Å². The molecule has 1 N–H and O–H groups in total. The van der Waals surface area contributed by atoms with Crippen LogP contribution in [-0.2, 0) is 11.2 Å². The number of para-hydroxylation sites is 1. The highest BCUT2D eigenvalue weighted by atomic mass is 19.1. The molecule has 0 saturated carbocycles. The van der Waals surface area contributed by atoms with Crippen LogP contribution >= 0.6 is 0 Å². The van der Waals surface area contributed by atoms with Crippen LogP contribution in [0, 0.1) is 11.7 Å². The first-order valence-electron chi connectivity index (χ1n) is 7.81. The van der Waals surface area contributed by atoms with Gasteiger partial charge in [0.1, 0.15) is 6.61 Å². The first-order valence-corrected chi connectivity index (χ1v) is 7.81. The molecule has 22 heavy (non-hydrogen) atoms. The Labute approximate surface area is 131 Å². The third-order valence-corrected chi connectivity index (χ3v) is 3.82. The maximum Gasteiger partial charge on any atom is 0.241 e. The normalized spacial score (nSPS) is 17.8. The molecule has 1 amide bonds. The van der Waals surface area contributed by atoms with Crippen molar-refractivity contribution >= 4 is 5.91 Å². The standard InChI is InChI=1S/C17H25FN2O2/c1-5-9-20(17(2,3)4)19-16(21)13-10-12-7-6-8-14(18)15(12)22-11-13/h6-8,13H,5,9-11H2,1-4H3,(H,19,21)/t13-/m1/s1. The summed E-state index contributed by atoms with van der Waals surface area (Å²) in [7, 11) is 0. The summed E-state index contributed by atoms with van der Waals surface area (Å²) in [5.41, 5.74) is 3.60. The Kier molecular flexibility index (Phi) is 5.06. The topological polar surface area (TPSA) is 41.6 Å². The van der Waals surface area contributed by atoms with Gasteiger partial charge in [-0.2, -0.15) is 0 Å². The van der Waals surface area contributed by atoms with Crippen molar-refractivity contribution in [2.24, 2.45) is 5.92 Å². The lowest BCUT2D eigenvalue weighted by Crippen LogP contribution is -2.55. The highest BCUT2D eigenvalue weighted by Crippen LogP contribution is 2.30. The summed E-state index contributed by atoms with van der Waals surface area (Å²) in [5.74, 6) is -0.444. The van der Waals surface area contributed by atoms with E-state index in [1.165, 1.54) is 6.07 Å². The van der Waals surface area contributed by atoms with Gasteiger partial charge in [0.15, 0.2) is 11.6 Å². The van der Waals surface area contributed by atoms with Crippen molar-refractivity contribution in [1.82, 2.24) is 10.4 Å². The predicted octanol–water partition coefficient (Wildman–Crippen LogP) is 2.92. The molecule has 1 aliphatic rings. The average molecular weight is 308 g/mol. The number of nitrogens with zero attached hydrogens (tertiary/aromatic N) is 1. The Morgan fingerprint density at radius 3 is 2.82 bits per heavy atom. The molecule has 0 aromatic heterocycles. The zero-order valence-electron chi connectivity index (χ0n) is 13.8. The number of fused-ring (bicyclic) bond motifs is 1. The van der Waals surface area contributed by atoms with Crippen molar-refractivity contribution < 1.29 is 13.9 Å². The van der Waals surface area contributed by atoms with Crippen LogP contribution < -0.4 is 10.2 Å². The minimum Gasteiger partial charge on any atom is -0.489 e. The van der Waals surface area contributed by atoms with E-state index in [2.05, 4.69) is 33.1 Å². The third-order valence-electron chi connectivity index (χ3n) is 3.82. The fourth-order valence-electron chi connectivity index (χ4n) is 2.56. The van der Waals surface area contributed by atoms with E-state index in [1.54, 1.807) is 6.07 Å². The number of hydrazine groups is 1. The van der Waals surface area contributed by atoms with Crippen molar-refractivity contribution in [2.45, 2.75) is 46.1 Å². The average Bonchev–Trinajstić information content (AvgIpc) is 2.45. The summed E-state index contributed by atoms with van der Waals surface area (Å²) in [5, 5.41) is 1.95. The molecule has 0 aliphatic carbocycles. The molecular weight excluding hydrogens is 283 g/mol. The molecule has 2 rings (SSSR count). The quantitative estimate of drug-likeness (QED) is 0.870. The van der Waals surface area contributed by atoms with E-state index in [0.29, 0.717) is 6.42 Å². The number of hydrogen-bond acceptors (Lipinski definition) is 3. The number of halogens is 1. The Balaban J connectivity index is 2.05. The second kappa shape index (κ2) is 6.65. The summed E-state index contributed by atoms with van der Waals surface area (Å²) < 4.78 is 19.1. The van der Waals surface area contributed by atoms with Crippen LogP contribution in [0.1, 0.15) is 39.7 Å². The predicted molar refractivity (Wildman–Crippen MR) is 84.0 cm³/mol. The van der Waals surface area contributed by atoms with Crippen molar-refractivity contribution in [3.05, 3.63) is 29.6 Å². The Morgan fingerprint density at radius 1 is 1.45 bits per heavy atom. The van der Waals surface area contributed by atoms with E-state index < -0.39 is 0 Å². The summed E-state index contributed by atoms with van der Waals surface area (Å²) >= 11 is 0. The number of hydrogen-bond donors (Lipinski definition) is 1. The highest BCUT2D eigenvalue weighted by molar-refractivity contribution is 5.79. The first-order chi connectivity index (χ1) is 10.3. The van der Waals surface area contributed by atoms with Crippen LogP contribution in [0.2, 0.25) is 0 Å². The zero-order valence-corrected chi connectivity index (χ0v) is 13.8. The van der Waals surface area contributed by atoms with Gasteiger partial charge in [0.2, 0.25) is 5.91 Å². The van der Waals surface area contributed by atoms with E-state index in [1.807, 2.05) is 11.1 Å². The van der Waals surface area contributed by atoms with Crippen LogP contribution in [0.4, 0.5) is 4.39 Å². The molecule has 5 heteroatoms. The summed E-state index contributed by atoms with van der Waals surface area (Å²) in [6.45, 7) is 9.26. The van der Waals surface area contributed by atoms with Crippen molar-refractivity contribution in [1.29, 1.82) is 0 Å². The lowest BCUT2D eigenvalue weighted by molar-refractivity contribution is -0.134. The first kappa shape index (κ1) is 16.7. The summed E-state index contributed by atoms with van der Waals surface area (Å²) in [6, 6.07) is 4.84. The molecule has 1 heterocycles. The van der Waals surface area contributed by atoms with Gasteiger partial charge in [-0.25, -0.2) is 9.40 Å². The molecule has 1 aromatic carbocycles. The number of ether oxygens (including phenoxy) is 1. The maximum absolute atomic E-state index is 13.6. The fourth-order valence-corrected chi connectivity index (χ4v) is 2.56. The van der Waals surface area contributed by atoms with Crippen LogP contribution in [-0.4, -0.2) is 29.6 Å². The van der Waals surface area contributed by atoms with Gasteiger partial charge in [0.05, 0.1) is 5.92 Å². The van der Waals surface area contributed by atoms with Gasteiger partial charge in [-0.05, 0) is 45.2 Å². The molecule has 0 bridgehead atoms. The van der Waals surface area contributed by atoms with Gasteiger partial charge < -0.3 is 4.74 Å². The largest absolute Gasteiger partial charge is 0.489 e. The number of benzene rings is 1. The lowest BCUT2D eigenvalue weighted by atomic mass is 9.96. The molecule has 1 atom stereocenters. The second-order valence-electron chi connectivity index (χ2n) is 6.74. The highest BCUT2D eigenvalue weighted by Gasteiger charge is 2.30. The van der Waals surface area contributed by atoms with Gasteiger partial charge in [-0.15, -0.1) is 0 Å². The Morgan fingerprint density at radius 2 is 2.18 bits per heavy atom. The molecule has 1 aliphatic heterocycles. The van der Waals surface area contributed by atoms with Crippen LogP contribution in [0.5, 0.6) is 5.75 Å². The van der Waals surface area contributed by atoms with Crippen molar-refractivity contribution in [3.8, 4) is 5.75 Å². The maximum atomic E-state index is 13.6. The molecule has 122 valence electrons. The number of rotatable bonds is 4. The molecule has 0 spiro atoms. The van der Waals surface area contributed by atoms with E-state index in [0.717, 1.165) is 18.5 Å². The molecule has 0 unspecified atom stereocenters. The summed E-state index contributed by atoms with van der Waals surface area (Å²) in [6.07, 6.45) is 1.45. The zero-order chi connectivity index (χ0) is 16.3. The van der Waals surface area contributed by atoms with Crippen LogP contribution in [0.3, 0.4) is 0 Å². The second-order valence-corrected chi connectivity index (χ2v) is 6.74. The molecule has 1 aromatic rings. The number of amides is 1. The smallest absolute Gasteiger partial charge is 0.241 e. The van der Waals surface area contributed by atoms with E-state index in [4.69, 9.17) is 4.74 Å². The Hall–Kier alpha value is -1.62. The minimum absolute atomic E-state index is 0.0710. The van der Waals surface area contributed by atoms with Gasteiger partial charge in [-0.3, -0.25) is 10.2 Å². The number of nitrogens with one attached hydrogen (secondary N) is 1. The van der Waals surface area contributed by atoms with Gasteiger partial charge in [0.25, 0.3) is 0 Å². The Bertz CT molecular complexity index is 540.